The number of carbonyl (C=O) groups is 1. The smallest absolute Gasteiger partial charge is 0.331 e. The van der Waals surface area contributed by atoms with Crippen molar-refractivity contribution in [2.24, 2.45) is 17.3 Å². The minimum Gasteiger partial charge on any atom is -0.452 e. The van der Waals surface area contributed by atoms with Crippen molar-refractivity contribution in [1.82, 2.24) is 0 Å². The molecule has 4 atom stereocenters. The molecule has 0 amide bonds. The van der Waals surface area contributed by atoms with Gasteiger partial charge in [-0.05, 0) is 36.7 Å². The minimum absolute atomic E-state index is 0.0715. The molecular formula is C15H20O3. The summed E-state index contributed by atoms with van der Waals surface area (Å²) in [6.45, 7) is 6.46. The molecule has 3 rings (SSSR count). The molecule has 3 aliphatic rings. The van der Waals surface area contributed by atoms with E-state index in [0.717, 1.165) is 18.4 Å². The van der Waals surface area contributed by atoms with Crippen LogP contribution in [0.1, 0.15) is 33.6 Å². The van der Waals surface area contributed by atoms with Crippen molar-refractivity contribution in [1.29, 1.82) is 0 Å². The second-order valence-corrected chi connectivity index (χ2v) is 6.40. The first-order valence-corrected chi connectivity index (χ1v) is 6.69. The summed E-state index contributed by atoms with van der Waals surface area (Å²) in [4.78, 5) is 11.5. The zero-order chi connectivity index (χ0) is 13.1. The normalized spacial score (nSPS) is 41.4. The van der Waals surface area contributed by atoms with Crippen LogP contribution >= 0.6 is 0 Å². The molecule has 0 aromatic rings. The minimum atomic E-state index is -0.587. The number of carbonyl (C=O) groups excluding carboxylic acids is 1. The summed E-state index contributed by atoms with van der Waals surface area (Å²) >= 11 is 0. The summed E-state index contributed by atoms with van der Waals surface area (Å²) in [5, 5.41) is 10.5. The highest BCUT2D eigenvalue weighted by Gasteiger charge is 2.54. The molecule has 0 aromatic heterocycles. The molecule has 0 unspecified atom stereocenters. The second kappa shape index (κ2) is 3.70. The maximum Gasteiger partial charge on any atom is 0.331 e. The molecule has 1 aliphatic heterocycles. The van der Waals surface area contributed by atoms with E-state index in [4.69, 9.17) is 4.74 Å². The highest BCUT2D eigenvalue weighted by atomic mass is 16.6. The molecule has 1 saturated carbocycles. The molecule has 0 aromatic carbocycles. The summed E-state index contributed by atoms with van der Waals surface area (Å²) in [7, 11) is 0. The van der Waals surface area contributed by atoms with Gasteiger partial charge in [0, 0.05) is 12.0 Å². The van der Waals surface area contributed by atoms with Crippen LogP contribution in [0.5, 0.6) is 0 Å². The Labute approximate surface area is 108 Å². The van der Waals surface area contributed by atoms with Crippen LogP contribution in [0.4, 0.5) is 0 Å². The lowest BCUT2D eigenvalue weighted by Gasteiger charge is -2.50. The van der Waals surface area contributed by atoms with Crippen LogP contribution in [-0.4, -0.2) is 23.3 Å². The fourth-order valence-corrected chi connectivity index (χ4v) is 3.94. The van der Waals surface area contributed by atoms with Crippen molar-refractivity contribution in [2.75, 3.05) is 0 Å². The summed E-state index contributed by atoms with van der Waals surface area (Å²) in [6.07, 6.45) is 4.92. The Morgan fingerprint density at radius 1 is 1.44 bits per heavy atom. The number of hydrogen-bond donors (Lipinski definition) is 1. The van der Waals surface area contributed by atoms with E-state index in [-0.39, 0.29) is 17.3 Å². The largest absolute Gasteiger partial charge is 0.452 e. The number of allylic oxidation sites excluding steroid dienone is 1. The lowest BCUT2D eigenvalue weighted by molar-refractivity contribution is -0.148. The Hall–Kier alpha value is -1.09. The van der Waals surface area contributed by atoms with Crippen LogP contribution in [0.25, 0.3) is 0 Å². The van der Waals surface area contributed by atoms with Crippen molar-refractivity contribution < 1.29 is 14.6 Å². The van der Waals surface area contributed by atoms with Gasteiger partial charge < -0.3 is 9.84 Å². The Morgan fingerprint density at radius 3 is 2.89 bits per heavy atom. The van der Waals surface area contributed by atoms with Crippen molar-refractivity contribution in [2.45, 2.75) is 45.8 Å². The van der Waals surface area contributed by atoms with Gasteiger partial charge >= 0.3 is 5.97 Å². The van der Waals surface area contributed by atoms with Gasteiger partial charge in [-0.1, -0.05) is 25.5 Å². The van der Waals surface area contributed by atoms with E-state index in [0.29, 0.717) is 5.92 Å². The highest BCUT2D eigenvalue weighted by Crippen LogP contribution is 2.54. The number of fused-ring (bicyclic) bond motifs is 2. The molecule has 1 N–H and O–H groups in total. The van der Waals surface area contributed by atoms with Gasteiger partial charge in [-0.15, -0.1) is 0 Å². The van der Waals surface area contributed by atoms with E-state index in [9.17, 15) is 9.90 Å². The zero-order valence-electron chi connectivity index (χ0n) is 11.1. The molecule has 18 heavy (non-hydrogen) atoms. The number of ether oxygens (including phenoxy) is 1. The summed E-state index contributed by atoms with van der Waals surface area (Å²) in [5.74, 6) is 0.205. The zero-order valence-corrected chi connectivity index (χ0v) is 11.1. The van der Waals surface area contributed by atoms with Gasteiger partial charge in [0.25, 0.3) is 0 Å². The Morgan fingerprint density at radius 2 is 2.17 bits per heavy atom. The van der Waals surface area contributed by atoms with Gasteiger partial charge in [-0.3, -0.25) is 0 Å². The molecule has 0 saturated heterocycles. The van der Waals surface area contributed by atoms with Crippen LogP contribution in [0, 0.1) is 17.3 Å². The van der Waals surface area contributed by atoms with E-state index in [1.165, 1.54) is 5.57 Å². The predicted molar refractivity (Wildman–Crippen MR) is 67.7 cm³/mol. The third-order valence-corrected chi connectivity index (χ3v) is 4.99. The van der Waals surface area contributed by atoms with Crippen LogP contribution < -0.4 is 0 Å². The molecule has 1 fully saturated rings. The lowest BCUT2D eigenvalue weighted by Crippen LogP contribution is -2.52. The third kappa shape index (κ3) is 1.50. The average Bonchev–Trinajstić information content (AvgIpc) is 2.69. The first kappa shape index (κ1) is 12.0. The first-order valence-electron chi connectivity index (χ1n) is 6.69. The van der Waals surface area contributed by atoms with Gasteiger partial charge in [0.2, 0.25) is 0 Å². The average molecular weight is 248 g/mol. The topological polar surface area (TPSA) is 46.5 Å². The predicted octanol–water partition coefficient (Wildman–Crippen LogP) is 2.21. The number of aliphatic hydroxyl groups excluding tert-OH is 1. The third-order valence-electron chi connectivity index (χ3n) is 4.99. The highest BCUT2D eigenvalue weighted by molar-refractivity contribution is 5.86. The van der Waals surface area contributed by atoms with Gasteiger partial charge in [-0.2, -0.15) is 0 Å². The molecule has 3 heteroatoms. The van der Waals surface area contributed by atoms with Crippen LogP contribution in [0.3, 0.4) is 0 Å². The number of aliphatic hydroxyl groups is 1. The van der Waals surface area contributed by atoms with Crippen LogP contribution in [-0.2, 0) is 9.53 Å². The number of rotatable bonds is 0. The van der Waals surface area contributed by atoms with Crippen molar-refractivity contribution in [3.05, 3.63) is 23.3 Å². The molecular weight excluding hydrogens is 228 g/mol. The van der Waals surface area contributed by atoms with Gasteiger partial charge in [0.1, 0.15) is 6.10 Å². The van der Waals surface area contributed by atoms with Crippen molar-refractivity contribution in [3.63, 3.8) is 0 Å². The number of hydrogen-bond acceptors (Lipinski definition) is 3. The first-order chi connectivity index (χ1) is 8.41. The Balaban J connectivity index is 2.06. The Kier molecular flexibility index (Phi) is 2.46. The van der Waals surface area contributed by atoms with Gasteiger partial charge in [-0.25, -0.2) is 4.79 Å². The second-order valence-electron chi connectivity index (χ2n) is 6.40. The maximum absolute atomic E-state index is 11.5. The fourth-order valence-electron chi connectivity index (χ4n) is 3.94. The van der Waals surface area contributed by atoms with Gasteiger partial charge in [0.05, 0.1) is 0 Å². The molecule has 2 aliphatic carbocycles. The molecule has 3 nitrogen and oxygen atoms in total. The summed E-state index contributed by atoms with van der Waals surface area (Å²) in [6, 6.07) is 0. The number of esters is 1. The van der Waals surface area contributed by atoms with E-state index in [2.05, 4.69) is 26.8 Å². The molecule has 0 radical (unpaired) electrons. The van der Waals surface area contributed by atoms with Crippen molar-refractivity contribution in [3.8, 4) is 0 Å². The quantitative estimate of drug-likeness (QED) is 0.528. The van der Waals surface area contributed by atoms with E-state index < -0.39 is 12.2 Å². The summed E-state index contributed by atoms with van der Waals surface area (Å²) in [5.41, 5.74) is 2.25. The fraction of sp³-hybridized carbons (Fsp3) is 0.667. The van der Waals surface area contributed by atoms with Gasteiger partial charge in [0.15, 0.2) is 6.10 Å². The van der Waals surface area contributed by atoms with Crippen molar-refractivity contribution >= 4 is 5.97 Å². The molecule has 98 valence electrons. The maximum atomic E-state index is 11.5. The SMILES string of the molecule is CC1=C[C@@H]2[C@@H](O)[C@H]3OC(=O)C=C3C(C)(C)[C@@H]2CC1. The molecule has 0 spiro atoms. The molecule has 0 bridgehead atoms. The lowest BCUT2D eigenvalue weighted by atomic mass is 9.56. The van der Waals surface area contributed by atoms with Crippen LogP contribution in [0.2, 0.25) is 0 Å². The van der Waals surface area contributed by atoms with E-state index >= 15 is 0 Å². The Bertz CT molecular complexity index is 458. The van der Waals surface area contributed by atoms with E-state index in [1.54, 1.807) is 6.08 Å². The standard InChI is InChI=1S/C15H20O3/c1-8-4-5-10-9(6-8)13(17)14-11(15(10,2)3)7-12(16)18-14/h6-7,9-10,13-14,17H,4-5H2,1-3H3/t9-,10+,13+,14-/m0/s1. The summed E-state index contributed by atoms with van der Waals surface area (Å²) < 4.78 is 5.29. The van der Waals surface area contributed by atoms with E-state index in [1.807, 2.05) is 0 Å². The molecule has 1 heterocycles. The van der Waals surface area contributed by atoms with Crippen LogP contribution in [0.15, 0.2) is 23.3 Å². The monoisotopic (exact) mass is 248 g/mol.